The molecule has 130 valence electrons. The van der Waals surface area contributed by atoms with Gasteiger partial charge < -0.3 is 14.5 Å². The van der Waals surface area contributed by atoms with Gasteiger partial charge in [-0.05, 0) is 30.7 Å². The fraction of sp³-hybridized carbons (Fsp3) is 0.529. The molecule has 2 heterocycles. The summed E-state index contributed by atoms with van der Waals surface area (Å²) >= 11 is 7.59. The highest BCUT2D eigenvalue weighted by Gasteiger charge is 2.42. The Morgan fingerprint density at radius 1 is 1.25 bits per heavy atom. The third kappa shape index (κ3) is 3.55. The average Bonchev–Trinajstić information content (AvgIpc) is 3.06. The second-order valence-electron chi connectivity index (χ2n) is 5.87. The van der Waals surface area contributed by atoms with Crippen LogP contribution in [0.15, 0.2) is 24.3 Å². The molecule has 5 nitrogen and oxygen atoms in total. The van der Waals surface area contributed by atoms with Gasteiger partial charge in [0.25, 0.3) is 5.91 Å². The molecule has 2 amide bonds. The van der Waals surface area contributed by atoms with Gasteiger partial charge in [-0.3, -0.25) is 9.59 Å². The Morgan fingerprint density at radius 3 is 2.54 bits per heavy atom. The number of carbonyl (C=O) groups excluding carboxylic acids is 2. The van der Waals surface area contributed by atoms with Gasteiger partial charge in [-0.25, -0.2) is 0 Å². The largest absolute Gasteiger partial charge is 0.378 e. The molecule has 2 saturated heterocycles. The molecule has 0 unspecified atom stereocenters. The first kappa shape index (κ1) is 17.6. The lowest BCUT2D eigenvalue weighted by molar-refractivity contribution is -0.139. The molecule has 2 aliphatic heterocycles. The van der Waals surface area contributed by atoms with Crippen molar-refractivity contribution >= 4 is 35.2 Å². The number of ether oxygens (including phenoxy) is 1. The minimum absolute atomic E-state index is 0.0307. The zero-order chi connectivity index (χ0) is 17.1. The van der Waals surface area contributed by atoms with Crippen LogP contribution in [0.4, 0.5) is 0 Å². The summed E-state index contributed by atoms with van der Waals surface area (Å²) in [5.74, 6) is 0.577. The van der Waals surface area contributed by atoms with Crippen LogP contribution in [-0.2, 0) is 9.53 Å². The zero-order valence-electron chi connectivity index (χ0n) is 13.6. The van der Waals surface area contributed by atoms with Gasteiger partial charge in [0.1, 0.15) is 6.04 Å². The molecule has 0 aliphatic carbocycles. The quantitative estimate of drug-likeness (QED) is 0.822. The van der Waals surface area contributed by atoms with Crippen molar-refractivity contribution in [2.75, 3.05) is 32.1 Å². The summed E-state index contributed by atoms with van der Waals surface area (Å²) in [7, 11) is 0. The maximum atomic E-state index is 13.0. The first-order valence-electron chi connectivity index (χ1n) is 8.18. The predicted molar refractivity (Wildman–Crippen MR) is 95.3 cm³/mol. The van der Waals surface area contributed by atoms with E-state index in [2.05, 4.69) is 0 Å². The number of halogens is 1. The minimum atomic E-state index is -0.402. The van der Waals surface area contributed by atoms with Crippen molar-refractivity contribution in [3.05, 3.63) is 34.9 Å². The Bertz CT molecular complexity index is 604. The summed E-state index contributed by atoms with van der Waals surface area (Å²) in [5, 5.41) is 0.624. The Kier molecular flexibility index (Phi) is 5.69. The summed E-state index contributed by atoms with van der Waals surface area (Å²) < 4.78 is 5.32. The lowest BCUT2D eigenvalue weighted by Crippen LogP contribution is -2.53. The normalized spacial score (nSPS) is 24.2. The first-order valence-corrected chi connectivity index (χ1v) is 9.61. The molecule has 0 spiro atoms. The summed E-state index contributed by atoms with van der Waals surface area (Å²) in [6.07, 6.45) is 0.816. The monoisotopic (exact) mass is 368 g/mol. The van der Waals surface area contributed by atoms with Crippen LogP contribution < -0.4 is 0 Å². The van der Waals surface area contributed by atoms with Crippen LogP contribution in [0.1, 0.15) is 23.7 Å². The van der Waals surface area contributed by atoms with E-state index in [9.17, 15) is 9.59 Å². The first-order chi connectivity index (χ1) is 11.6. The molecule has 1 aromatic carbocycles. The number of benzene rings is 1. The van der Waals surface area contributed by atoms with Gasteiger partial charge in [-0.1, -0.05) is 18.5 Å². The molecule has 2 atom stereocenters. The van der Waals surface area contributed by atoms with Crippen LogP contribution in [0, 0.1) is 0 Å². The summed E-state index contributed by atoms with van der Waals surface area (Å²) in [5.41, 5.74) is 0.570. The second kappa shape index (κ2) is 7.76. The van der Waals surface area contributed by atoms with Gasteiger partial charge in [0.2, 0.25) is 5.91 Å². The van der Waals surface area contributed by atoms with Crippen molar-refractivity contribution in [1.29, 1.82) is 0 Å². The van der Waals surface area contributed by atoms with E-state index in [1.807, 2.05) is 11.8 Å². The third-order valence-corrected chi connectivity index (χ3v) is 6.08. The van der Waals surface area contributed by atoms with E-state index in [1.165, 1.54) is 0 Å². The Hall–Kier alpha value is -1.24. The van der Waals surface area contributed by atoms with Crippen LogP contribution in [0.3, 0.4) is 0 Å². The van der Waals surface area contributed by atoms with E-state index in [4.69, 9.17) is 16.3 Å². The number of hydrogen-bond donors (Lipinski definition) is 0. The average molecular weight is 369 g/mol. The Morgan fingerprint density at radius 2 is 1.92 bits per heavy atom. The van der Waals surface area contributed by atoms with Crippen LogP contribution >= 0.6 is 23.4 Å². The lowest BCUT2D eigenvalue weighted by Gasteiger charge is -2.34. The molecule has 0 aromatic heterocycles. The fourth-order valence-electron chi connectivity index (χ4n) is 3.08. The van der Waals surface area contributed by atoms with Crippen molar-refractivity contribution in [2.45, 2.75) is 24.8 Å². The molecule has 2 aliphatic rings. The van der Waals surface area contributed by atoms with Gasteiger partial charge in [-0.15, -0.1) is 11.8 Å². The summed E-state index contributed by atoms with van der Waals surface area (Å²) in [4.78, 5) is 29.5. The highest BCUT2D eigenvalue weighted by molar-refractivity contribution is 8.00. The number of carbonyl (C=O) groups is 2. The standard InChI is InChI=1S/C17H21ClN2O3S/c1-2-15-20(16(21)12-3-5-13(18)6-4-12)14(11-24-15)17(22)19-7-9-23-10-8-19/h3-6,14-15H,2,7-11H2,1H3/t14-,15-/m0/s1. The summed E-state index contributed by atoms with van der Waals surface area (Å²) in [6.45, 7) is 4.36. The van der Waals surface area contributed by atoms with Crippen LogP contribution in [0.5, 0.6) is 0 Å². The van der Waals surface area contributed by atoms with Crippen molar-refractivity contribution in [3.63, 3.8) is 0 Å². The number of hydrogen-bond acceptors (Lipinski definition) is 4. The number of morpholine rings is 1. The summed E-state index contributed by atoms with van der Waals surface area (Å²) in [6, 6.07) is 6.45. The predicted octanol–water partition coefficient (Wildman–Crippen LogP) is 2.49. The molecule has 1 aromatic rings. The maximum Gasteiger partial charge on any atom is 0.255 e. The van der Waals surface area contributed by atoms with Gasteiger partial charge in [-0.2, -0.15) is 0 Å². The van der Waals surface area contributed by atoms with E-state index < -0.39 is 6.04 Å². The van der Waals surface area contributed by atoms with Gasteiger partial charge in [0.15, 0.2) is 0 Å². The number of rotatable bonds is 3. The molecule has 24 heavy (non-hydrogen) atoms. The van der Waals surface area contributed by atoms with Crippen LogP contribution in [-0.4, -0.2) is 65.1 Å². The molecule has 0 saturated carbocycles. The van der Waals surface area contributed by atoms with E-state index >= 15 is 0 Å². The van der Waals surface area contributed by atoms with Gasteiger partial charge in [0, 0.05) is 29.4 Å². The van der Waals surface area contributed by atoms with E-state index in [0.29, 0.717) is 42.6 Å². The van der Waals surface area contributed by atoms with Crippen molar-refractivity contribution in [1.82, 2.24) is 9.80 Å². The van der Waals surface area contributed by atoms with E-state index in [-0.39, 0.29) is 17.2 Å². The highest BCUT2D eigenvalue weighted by Crippen LogP contribution is 2.33. The fourth-order valence-corrected chi connectivity index (χ4v) is 4.55. The van der Waals surface area contributed by atoms with Gasteiger partial charge in [0.05, 0.1) is 18.6 Å². The van der Waals surface area contributed by atoms with Crippen LogP contribution in [0.2, 0.25) is 5.02 Å². The molecule has 7 heteroatoms. The number of amides is 2. The minimum Gasteiger partial charge on any atom is -0.378 e. The molecule has 2 fully saturated rings. The molecule has 0 N–H and O–H groups in total. The molecule has 0 radical (unpaired) electrons. The lowest BCUT2D eigenvalue weighted by atomic mass is 10.1. The maximum absolute atomic E-state index is 13.0. The smallest absolute Gasteiger partial charge is 0.255 e. The molecular formula is C17H21ClN2O3S. The SMILES string of the molecule is CC[C@@H]1SC[C@@H](C(=O)N2CCOCC2)N1C(=O)c1ccc(Cl)cc1. The Balaban J connectivity index is 1.81. The van der Waals surface area contributed by atoms with Crippen molar-refractivity contribution in [3.8, 4) is 0 Å². The topological polar surface area (TPSA) is 49.9 Å². The second-order valence-corrected chi connectivity index (χ2v) is 7.52. The molecule has 0 bridgehead atoms. The van der Waals surface area contributed by atoms with Crippen LogP contribution in [0.25, 0.3) is 0 Å². The Labute approximate surface area is 151 Å². The zero-order valence-corrected chi connectivity index (χ0v) is 15.2. The highest BCUT2D eigenvalue weighted by atomic mass is 35.5. The molecule has 3 rings (SSSR count). The van der Waals surface area contributed by atoms with E-state index in [0.717, 1.165) is 6.42 Å². The number of nitrogens with zero attached hydrogens (tertiary/aromatic N) is 2. The number of thioether (sulfide) groups is 1. The van der Waals surface area contributed by atoms with E-state index in [1.54, 1.807) is 40.9 Å². The third-order valence-electron chi connectivity index (χ3n) is 4.38. The van der Waals surface area contributed by atoms with Crippen molar-refractivity contribution < 1.29 is 14.3 Å². The molecular weight excluding hydrogens is 348 g/mol. The van der Waals surface area contributed by atoms with Gasteiger partial charge >= 0.3 is 0 Å². The van der Waals surface area contributed by atoms with Crippen molar-refractivity contribution in [2.24, 2.45) is 0 Å².